The fourth-order valence-electron chi connectivity index (χ4n) is 0.774. The van der Waals surface area contributed by atoms with Crippen molar-refractivity contribution >= 4 is 14.5 Å². The Kier molecular flexibility index (Phi) is 1.87. The van der Waals surface area contributed by atoms with Crippen LogP contribution in [0.25, 0.3) is 0 Å². The van der Waals surface area contributed by atoms with E-state index >= 15 is 0 Å². The molecule has 0 nitrogen and oxygen atoms in total. The number of hydrogen-bond donors (Lipinski definition) is 0. The maximum Gasteiger partial charge on any atom is -0.0271 e. The van der Waals surface area contributed by atoms with Crippen LogP contribution in [0, 0.1) is 13.8 Å². The smallest absolute Gasteiger partial charge is 0.0271 e. The van der Waals surface area contributed by atoms with Gasteiger partial charge >= 0.3 is 0 Å². The maximum absolute atomic E-state index is 2.72. The molecule has 0 fully saturated rings. The normalized spacial score (nSPS) is 9.67. The molecule has 9 heavy (non-hydrogen) atoms. The zero-order chi connectivity index (χ0) is 6.85. The molecule has 0 saturated carbocycles. The van der Waals surface area contributed by atoms with Crippen molar-refractivity contribution in [2.45, 2.75) is 13.8 Å². The van der Waals surface area contributed by atoms with Crippen molar-refractivity contribution in [3.63, 3.8) is 0 Å². The predicted molar refractivity (Wildman–Crippen MR) is 45.3 cm³/mol. The van der Waals surface area contributed by atoms with Gasteiger partial charge in [0.1, 0.15) is 0 Å². The monoisotopic (exact) mass is 138 g/mol. The van der Waals surface area contributed by atoms with Gasteiger partial charge < -0.3 is 0 Å². The van der Waals surface area contributed by atoms with Gasteiger partial charge in [-0.1, -0.05) is 18.2 Å². The zero-order valence-corrected chi connectivity index (χ0v) is 6.96. The third-order valence-corrected chi connectivity index (χ3v) is 2.27. The van der Waals surface area contributed by atoms with E-state index in [-0.39, 0.29) is 0 Å². The molecule has 1 rings (SSSR count). The van der Waals surface area contributed by atoms with Crippen LogP contribution in [0.15, 0.2) is 18.2 Å². The molecule has 1 unspecified atom stereocenters. The highest BCUT2D eigenvalue weighted by atomic mass is 31.0. The molecule has 0 amide bonds. The van der Waals surface area contributed by atoms with Gasteiger partial charge in [-0.3, -0.25) is 0 Å². The summed E-state index contributed by atoms with van der Waals surface area (Å²) >= 11 is 0. The lowest BCUT2D eigenvalue weighted by Gasteiger charge is -2.00. The summed E-state index contributed by atoms with van der Waals surface area (Å²) < 4.78 is 0. The van der Waals surface area contributed by atoms with Gasteiger partial charge in [-0.25, -0.2) is 0 Å². The molecule has 48 valence electrons. The summed E-state index contributed by atoms with van der Waals surface area (Å²) in [6.45, 7) is 4.26. The molecule has 0 bridgehead atoms. The highest BCUT2D eigenvalue weighted by Gasteiger charge is 1.92. The van der Waals surface area contributed by atoms with E-state index in [1.165, 1.54) is 16.4 Å². The predicted octanol–water partition coefficient (Wildman–Crippen LogP) is 1.80. The first-order valence-electron chi connectivity index (χ1n) is 3.03. The van der Waals surface area contributed by atoms with Crippen molar-refractivity contribution in [1.82, 2.24) is 0 Å². The molecule has 0 aliphatic heterocycles. The highest BCUT2D eigenvalue weighted by Crippen LogP contribution is 2.04. The fourth-order valence-corrected chi connectivity index (χ4v) is 1.11. The molecule has 0 saturated heterocycles. The Morgan fingerprint density at radius 3 is 2.33 bits per heavy atom. The first-order chi connectivity index (χ1) is 4.22. The van der Waals surface area contributed by atoms with Crippen LogP contribution in [0.4, 0.5) is 0 Å². The number of aryl methyl sites for hydroxylation is 1. The molecule has 0 aliphatic carbocycles. The lowest BCUT2D eigenvalue weighted by molar-refractivity contribution is 1.37. The van der Waals surface area contributed by atoms with Crippen LogP contribution < -0.4 is 5.30 Å². The van der Waals surface area contributed by atoms with E-state index in [2.05, 4.69) is 41.3 Å². The minimum Gasteiger partial charge on any atom is -0.105 e. The Bertz CT molecular complexity index is 196. The SMILES string of the molecule is Cc1cccc(P)c1C. The van der Waals surface area contributed by atoms with Gasteiger partial charge in [0.05, 0.1) is 0 Å². The summed E-state index contributed by atoms with van der Waals surface area (Å²) in [4.78, 5) is 0. The summed E-state index contributed by atoms with van der Waals surface area (Å²) in [6, 6.07) is 6.31. The molecule has 0 heterocycles. The van der Waals surface area contributed by atoms with Crippen molar-refractivity contribution in [3.05, 3.63) is 29.3 Å². The van der Waals surface area contributed by atoms with Crippen LogP contribution in [0.1, 0.15) is 11.1 Å². The number of rotatable bonds is 0. The molecule has 0 N–H and O–H groups in total. The first kappa shape index (κ1) is 6.77. The average Bonchev–Trinajstić information content (AvgIpc) is 1.83. The topological polar surface area (TPSA) is 0 Å². The quantitative estimate of drug-likeness (QED) is 0.479. The third-order valence-electron chi connectivity index (χ3n) is 1.65. The van der Waals surface area contributed by atoms with Crippen molar-refractivity contribution in [3.8, 4) is 0 Å². The molecule has 0 aromatic heterocycles. The van der Waals surface area contributed by atoms with Crippen LogP contribution in [-0.2, 0) is 0 Å². The van der Waals surface area contributed by atoms with Crippen molar-refractivity contribution in [1.29, 1.82) is 0 Å². The maximum atomic E-state index is 2.72. The van der Waals surface area contributed by atoms with E-state index in [1.54, 1.807) is 0 Å². The van der Waals surface area contributed by atoms with Crippen molar-refractivity contribution in [2.75, 3.05) is 0 Å². The summed E-state index contributed by atoms with van der Waals surface area (Å²) in [5.41, 5.74) is 2.74. The van der Waals surface area contributed by atoms with Gasteiger partial charge in [0.15, 0.2) is 0 Å². The Hall–Kier alpha value is -0.350. The molecule has 0 radical (unpaired) electrons. The summed E-state index contributed by atoms with van der Waals surface area (Å²) in [6.07, 6.45) is 0. The van der Waals surface area contributed by atoms with E-state index in [1.807, 2.05) is 0 Å². The fraction of sp³-hybridized carbons (Fsp3) is 0.250. The Morgan fingerprint density at radius 1 is 1.22 bits per heavy atom. The minimum atomic E-state index is 1.30. The van der Waals surface area contributed by atoms with E-state index < -0.39 is 0 Å². The minimum absolute atomic E-state index is 1.30. The number of benzene rings is 1. The van der Waals surface area contributed by atoms with Gasteiger partial charge in [-0.2, -0.15) is 0 Å². The molecule has 1 aromatic carbocycles. The Balaban J connectivity index is 3.25. The van der Waals surface area contributed by atoms with Gasteiger partial charge in [-0.05, 0) is 30.3 Å². The molecule has 0 spiro atoms. The second-order valence-corrected chi connectivity index (χ2v) is 2.91. The molecular formula is C8H11P. The number of hydrogen-bond acceptors (Lipinski definition) is 0. The lowest BCUT2D eigenvalue weighted by atomic mass is 10.1. The van der Waals surface area contributed by atoms with E-state index in [4.69, 9.17) is 0 Å². The third kappa shape index (κ3) is 1.31. The molecule has 0 aliphatic rings. The molecular weight excluding hydrogens is 127 g/mol. The lowest BCUT2D eigenvalue weighted by Crippen LogP contribution is -1.97. The van der Waals surface area contributed by atoms with E-state index in [0.717, 1.165) is 0 Å². The van der Waals surface area contributed by atoms with Gasteiger partial charge in [-0.15, -0.1) is 9.24 Å². The van der Waals surface area contributed by atoms with Crippen LogP contribution in [0.5, 0.6) is 0 Å². The van der Waals surface area contributed by atoms with Gasteiger partial charge in [0, 0.05) is 0 Å². The summed E-state index contributed by atoms with van der Waals surface area (Å²) in [5.74, 6) is 0. The zero-order valence-electron chi connectivity index (χ0n) is 5.81. The van der Waals surface area contributed by atoms with Gasteiger partial charge in [0.2, 0.25) is 0 Å². The molecule has 1 aromatic rings. The second-order valence-electron chi connectivity index (χ2n) is 2.29. The van der Waals surface area contributed by atoms with Gasteiger partial charge in [0.25, 0.3) is 0 Å². The standard InChI is InChI=1S/C8H11P/c1-6-4-3-5-8(9)7(6)2/h3-5H,9H2,1-2H3. The average molecular weight is 138 g/mol. The molecule has 1 heteroatoms. The van der Waals surface area contributed by atoms with E-state index in [9.17, 15) is 0 Å². The largest absolute Gasteiger partial charge is 0.105 e. The van der Waals surface area contributed by atoms with Crippen LogP contribution in [-0.4, -0.2) is 0 Å². The summed E-state index contributed by atoms with van der Waals surface area (Å²) in [5, 5.41) is 1.30. The van der Waals surface area contributed by atoms with Crippen LogP contribution in [0.3, 0.4) is 0 Å². The first-order valence-corrected chi connectivity index (χ1v) is 3.61. The Morgan fingerprint density at radius 2 is 1.89 bits per heavy atom. The van der Waals surface area contributed by atoms with Crippen molar-refractivity contribution < 1.29 is 0 Å². The highest BCUT2D eigenvalue weighted by molar-refractivity contribution is 7.27. The second kappa shape index (κ2) is 2.49. The Labute approximate surface area is 58.5 Å². The van der Waals surface area contributed by atoms with Crippen LogP contribution in [0.2, 0.25) is 0 Å². The summed E-state index contributed by atoms with van der Waals surface area (Å²) in [7, 11) is 2.72. The van der Waals surface area contributed by atoms with E-state index in [0.29, 0.717) is 0 Å². The van der Waals surface area contributed by atoms with Crippen molar-refractivity contribution in [2.24, 2.45) is 0 Å². The van der Waals surface area contributed by atoms with Crippen LogP contribution >= 0.6 is 9.24 Å². The molecule has 1 atom stereocenters.